The minimum Gasteiger partial charge on any atom is -0.299 e. The van der Waals surface area contributed by atoms with Gasteiger partial charge in [0.25, 0.3) is 0 Å². The second-order valence-corrected chi connectivity index (χ2v) is 8.60. The minimum atomic E-state index is -3.66. The smallest absolute Gasteiger partial charge is 0.242 e. The zero-order chi connectivity index (χ0) is 16.9. The summed E-state index contributed by atoms with van der Waals surface area (Å²) < 4.78 is 28.4. The summed E-state index contributed by atoms with van der Waals surface area (Å²) in [6.45, 7) is 1.01. The number of benzene rings is 2. The molecule has 0 amide bonds. The lowest BCUT2D eigenvalue weighted by Gasteiger charge is -2.31. The molecule has 2 aromatic rings. The third-order valence-electron chi connectivity index (χ3n) is 5.09. The molecule has 0 saturated heterocycles. The van der Waals surface area contributed by atoms with E-state index in [1.165, 1.54) is 11.1 Å². The van der Waals surface area contributed by atoms with Gasteiger partial charge < -0.3 is 0 Å². The molecule has 4 nitrogen and oxygen atoms in total. The Morgan fingerprint density at radius 2 is 1.96 bits per heavy atom. The summed E-state index contributed by atoms with van der Waals surface area (Å²) >= 11 is 6.08. The van der Waals surface area contributed by atoms with E-state index < -0.39 is 10.0 Å². The molecular formula is C18H19ClN2O2S. The molecule has 4 rings (SSSR count). The summed E-state index contributed by atoms with van der Waals surface area (Å²) in [5.74, 6) is 0. The van der Waals surface area contributed by atoms with Crippen molar-refractivity contribution in [2.24, 2.45) is 0 Å². The molecule has 2 aliphatic rings. The summed E-state index contributed by atoms with van der Waals surface area (Å²) in [5, 5.41) is 0.245. The first-order valence-corrected chi connectivity index (χ1v) is 9.92. The zero-order valence-corrected chi connectivity index (χ0v) is 14.9. The van der Waals surface area contributed by atoms with Crippen LogP contribution in [0.1, 0.15) is 35.2 Å². The van der Waals surface area contributed by atoms with Gasteiger partial charge in [0, 0.05) is 18.6 Å². The fourth-order valence-corrected chi connectivity index (χ4v) is 5.65. The molecule has 2 aromatic carbocycles. The van der Waals surface area contributed by atoms with Gasteiger partial charge in [0.2, 0.25) is 10.0 Å². The Balaban J connectivity index is 1.71. The van der Waals surface area contributed by atoms with Gasteiger partial charge >= 0.3 is 0 Å². The standard InChI is InChI=1S/C18H19ClN2O2S/c1-21-10-9-12-5-4-6-13-15(11-16(21)18(12)13)20-24(22,23)17-8-3-2-7-14(17)19/h2-8,15-16,20H,9-11H2,1H3. The lowest BCUT2D eigenvalue weighted by molar-refractivity contribution is 0.224. The van der Waals surface area contributed by atoms with Crippen molar-refractivity contribution in [2.45, 2.75) is 29.8 Å². The van der Waals surface area contributed by atoms with Gasteiger partial charge in [0.1, 0.15) is 4.90 Å². The Kier molecular flexibility index (Phi) is 3.92. The molecule has 0 bridgehead atoms. The molecule has 24 heavy (non-hydrogen) atoms. The Labute approximate surface area is 147 Å². The van der Waals surface area contributed by atoms with Crippen LogP contribution < -0.4 is 4.72 Å². The van der Waals surface area contributed by atoms with E-state index in [2.05, 4.69) is 22.7 Å². The summed E-state index contributed by atoms with van der Waals surface area (Å²) in [5.41, 5.74) is 3.74. The van der Waals surface area contributed by atoms with Crippen molar-refractivity contribution >= 4 is 21.6 Å². The Hall–Kier alpha value is -1.40. The number of halogens is 1. The number of likely N-dealkylation sites (N-methyl/N-ethyl adjacent to an activating group) is 1. The second-order valence-electron chi connectivity index (χ2n) is 6.51. The molecule has 0 saturated carbocycles. The Morgan fingerprint density at radius 3 is 2.75 bits per heavy atom. The number of nitrogens with one attached hydrogen (secondary N) is 1. The molecule has 0 radical (unpaired) electrons. The van der Waals surface area contributed by atoms with Crippen LogP contribution in [-0.4, -0.2) is 26.9 Å². The van der Waals surface area contributed by atoms with E-state index in [0.717, 1.165) is 24.9 Å². The maximum atomic E-state index is 12.8. The monoisotopic (exact) mass is 362 g/mol. The summed E-state index contributed by atoms with van der Waals surface area (Å²) in [6, 6.07) is 12.8. The number of rotatable bonds is 3. The quantitative estimate of drug-likeness (QED) is 0.911. The number of nitrogens with zero attached hydrogens (tertiary/aromatic N) is 1. The van der Waals surface area contributed by atoms with Crippen LogP contribution in [-0.2, 0) is 16.4 Å². The largest absolute Gasteiger partial charge is 0.299 e. The van der Waals surface area contributed by atoms with Crippen molar-refractivity contribution in [1.29, 1.82) is 0 Å². The summed E-state index contributed by atoms with van der Waals surface area (Å²) in [7, 11) is -1.55. The molecule has 2 atom stereocenters. The molecular weight excluding hydrogens is 344 g/mol. The zero-order valence-electron chi connectivity index (χ0n) is 13.4. The van der Waals surface area contributed by atoms with Crippen LogP contribution in [0.25, 0.3) is 0 Å². The van der Waals surface area contributed by atoms with E-state index in [-0.39, 0.29) is 22.0 Å². The molecule has 2 unspecified atom stereocenters. The van der Waals surface area contributed by atoms with E-state index in [1.54, 1.807) is 24.3 Å². The molecule has 0 spiro atoms. The van der Waals surface area contributed by atoms with Crippen LogP contribution in [0.15, 0.2) is 47.4 Å². The third kappa shape index (κ3) is 2.56. The predicted molar refractivity (Wildman–Crippen MR) is 94.6 cm³/mol. The highest BCUT2D eigenvalue weighted by atomic mass is 35.5. The van der Waals surface area contributed by atoms with Crippen LogP contribution in [0.3, 0.4) is 0 Å². The maximum Gasteiger partial charge on any atom is 0.242 e. The number of sulfonamides is 1. The highest BCUT2D eigenvalue weighted by Gasteiger charge is 2.39. The number of hydrogen-bond acceptors (Lipinski definition) is 3. The van der Waals surface area contributed by atoms with Gasteiger partial charge in [0.05, 0.1) is 5.02 Å². The van der Waals surface area contributed by atoms with Crippen LogP contribution >= 0.6 is 11.6 Å². The van der Waals surface area contributed by atoms with Crippen LogP contribution in [0.5, 0.6) is 0 Å². The van der Waals surface area contributed by atoms with Crippen LogP contribution in [0.2, 0.25) is 5.02 Å². The van der Waals surface area contributed by atoms with Crippen LogP contribution in [0, 0.1) is 0 Å². The SMILES string of the molecule is CN1CCc2cccc3c2C1CC3NS(=O)(=O)c1ccccc1Cl. The first-order valence-electron chi connectivity index (χ1n) is 8.06. The van der Waals surface area contributed by atoms with Gasteiger partial charge in [0.15, 0.2) is 0 Å². The number of hydrogen-bond donors (Lipinski definition) is 1. The van der Waals surface area contributed by atoms with Gasteiger partial charge in [-0.1, -0.05) is 41.9 Å². The van der Waals surface area contributed by atoms with Gasteiger partial charge in [-0.25, -0.2) is 13.1 Å². The molecule has 1 aliphatic carbocycles. The van der Waals surface area contributed by atoms with Crippen molar-refractivity contribution in [3.63, 3.8) is 0 Å². The third-order valence-corrected chi connectivity index (χ3v) is 7.06. The average molecular weight is 363 g/mol. The van der Waals surface area contributed by atoms with Crippen LogP contribution in [0.4, 0.5) is 0 Å². The molecule has 126 valence electrons. The lowest BCUT2D eigenvalue weighted by Crippen LogP contribution is -2.31. The summed E-state index contributed by atoms with van der Waals surface area (Å²) in [4.78, 5) is 2.45. The fraction of sp³-hybridized carbons (Fsp3) is 0.333. The lowest BCUT2D eigenvalue weighted by atomic mass is 9.94. The first-order chi connectivity index (χ1) is 11.5. The molecule has 1 N–H and O–H groups in total. The van der Waals surface area contributed by atoms with Crippen molar-refractivity contribution < 1.29 is 8.42 Å². The Bertz CT molecular complexity index is 898. The van der Waals surface area contributed by atoms with Gasteiger partial charge in [-0.2, -0.15) is 0 Å². The molecule has 6 heteroatoms. The fourth-order valence-electron chi connectivity index (χ4n) is 3.91. The van der Waals surface area contributed by atoms with Gasteiger partial charge in [-0.3, -0.25) is 4.90 Å². The van der Waals surface area contributed by atoms with Crippen molar-refractivity contribution in [1.82, 2.24) is 9.62 Å². The van der Waals surface area contributed by atoms with E-state index in [1.807, 2.05) is 12.1 Å². The van der Waals surface area contributed by atoms with E-state index in [0.29, 0.717) is 0 Å². The highest BCUT2D eigenvalue weighted by molar-refractivity contribution is 7.89. The summed E-state index contributed by atoms with van der Waals surface area (Å²) in [6.07, 6.45) is 1.77. The predicted octanol–water partition coefficient (Wildman–Crippen LogP) is 3.29. The van der Waals surface area contributed by atoms with E-state index >= 15 is 0 Å². The van der Waals surface area contributed by atoms with Crippen molar-refractivity contribution in [3.8, 4) is 0 Å². The van der Waals surface area contributed by atoms with Gasteiger partial charge in [-0.05, 0) is 48.7 Å². The van der Waals surface area contributed by atoms with Crippen molar-refractivity contribution in [3.05, 3.63) is 64.2 Å². The molecule has 0 fully saturated rings. The van der Waals surface area contributed by atoms with E-state index in [4.69, 9.17) is 11.6 Å². The molecule has 1 heterocycles. The second kappa shape index (κ2) is 5.85. The highest BCUT2D eigenvalue weighted by Crippen LogP contribution is 2.46. The normalized spacial score (nSPS) is 23.2. The Morgan fingerprint density at radius 1 is 1.17 bits per heavy atom. The first kappa shape index (κ1) is 16.1. The minimum absolute atomic E-state index is 0.135. The maximum absolute atomic E-state index is 12.8. The van der Waals surface area contributed by atoms with Gasteiger partial charge in [-0.15, -0.1) is 0 Å². The van der Waals surface area contributed by atoms with Crippen molar-refractivity contribution in [2.75, 3.05) is 13.6 Å². The van der Waals surface area contributed by atoms with E-state index in [9.17, 15) is 8.42 Å². The topological polar surface area (TPSA) is 49.4 Å². The average Bonchev–Trinajstić information content (AvgIpc) is 2.91. The molecule has 0 aromatic heterocycles. The molecule has 1 aliphatic heterocycles.